The zero-order chi connectivity index (χ0) is 11.4. The minimum Gasteiger partial charge on any atom is -0.378 e. The van der Waals surface area contributed by atoms with E-state index in [1.807, 2.05) is 0 Å². The van der Waals surface area contributed by atoms with Crippen LogP contribution in [0.1, 0.15) is 36.0 Å². The second-order valence-electron chi connectivity index (χ2n) is 4.12. The highest BCUT2D eigenvalue weighted by atomic mass is 35.5. The molecule has 1 unspecified atom stereocenters. The predicted octanol–water partition coefficient (Wildman–Crippen LogP) is 3.48. The summed E-state index contributed by atoms with van der Waals surface area (Å²) in [4.78, 5) is 11.9. The van der Waals surface area contributed by atoms with Crippen molar-refractivity contribution in [2.45, 2.75) is 31.8 Å². The summed E-state index contributed by atoms with van der Waals surface area (Å²) in [6, 6.07) is 7.04. The Morgan fingerprint density at radius 3 is 2.69 bits per heavy atom. The highest BCUT2D eigenvalue weighted by Crippen LogP contribution is 2.18. The smallest absolute Gasteiger partial charge is 0.165 e. The van der Waals surface area contributed by atoms with Crippen molar-refractivity contribution in [3.8, 4) is 0 Å². The molecule has 1 aromatic rings. The topological polar surface area (TPSA) is 26.3 Å². The number of benzene rings is 1. The molecule has 0 radical (unpaired) electrons. The van der Waals surface area contributed by atoms with Gasteiger partial charge in [-0.25, -0.2) is 0 Å². The Bertz CT molecular complexity index is 353. The Labute approximate surface area is 101 Å². The Morgan fingerprint density at radius 2 is 2.06 bits per heavy atom. The van der Waals surface area contributed by atoms with E-state index in [1.54, 1.807) is 24.3 Å². The number of halogens is 1. The molecular weight excluding hydrogens is 224 g/mol. The van der Waals surface area contributed by atoms with Gasteiger partial charge in [0, 0.05) is 23.6 Å². The van der Waals surface area contributed by atoms with Gasteiger partial charge in [0.25, 0.3) is 0 Å². The lowest BCUT2D eigenvalue weighted by molar-refractivity contribution is 0.0129. The number of carbonyl (C=O) groups is 1. The Morgan fingerprint density at radius 1 is 1.31 bits per heavy atom. The summed E-state index contributed by atoms with van der Waals surface area (Å²) < 4.78 is 5.55. The molecule has 1 aliphatic rings. The molecule has 2 rings (SSSR count). The molecule has 2 nitrogen and oxygen atoms in total. The van der Waals surface area contributed by atoms with Gasteiger partial charge in [-0.2, -0.15) is 0 Å². The molecule has 0 spiro atoms. The summed E-state index contributed by atoms with van der Waals surface area (Å²) in [5.74, 6) is 0.142. The van der Waals surface area contributed by atoms with E-state index < -0.39 is 0 Å². The van der Waals surface area contributed by atoms with Crippen molar-refractivity contribution >= 4 is 17.4 Å². The normalized spacial score (nSPS) is 20.7. The first-order valence-corrected chi connectivity index (χ1v) is 6.04. The van der Waals surface area contributed by atoms with Gasteiger partial charge in [0.15, 0.2) is 5.78 Å². The van der Waals surface area contributed by atoms with E-state index in [4.69, 9.17) is 16.3 Å². The second-order valence-corrected chi connectivity index (χ2v) is 4.56. The number of hydrogen-bond acceptors (Lipinski definition) is 2. The van der Waals surface area contributed by atoms with E-state index >= 15 is 0 Å². The van der Waals surface area contributed by atoms with Gasteiger partial charge in [-0.15, -0.1) is 0 Å². The quantitative estimate of drug-likeness (QED) is 0.754. The van der Waals surface area contributed by atoms with Crippen LogP contribution in [0.25, 0.3) is 0 Å². The number of ketones is 1. The van der Waals surface area contributed by atoms with Gasteiger partial charge in [-0.1, -0.05) is 11.6 Å². The maximum absolute atomic E-state index is 11.9. The molecule has 0 N–H and O–H groups in total. The average molecular weight is 239 g/mol. The van der Waals surface area contributed by atoms with E-state index in [2.05, 4.69) is 0 Å². The largest absolute Gasteiger partial charge is 0.378 e. The minimum atomic E-state index is 0.108. The fraction of sp³-hybridized carbons (Fsp3) is 0.462. The predicted molar refractivity (Wildman–Crippen MR) is 64.0 cm³/mol. The van der Waals surface area contributed by atoms with Crippen LogP contribution in [0.3, 0.4) is 0 Å². The van der Waals surface area contributed by atoms with Gasteiger partial charge < -0.3 is 4.74 Å². The van der Waals surface area contributed by atoms with Gasteiger partial charge in [-0.05, 0) is 43.5 Å². The van der Waals surface area contributed by atoms with Crippen molar-refractivity contribution in [1.29, 1.82) is 0 Å². The molecular formula is C13H15ClO2. The third-order valence-electron chi connectivity index (χ3n) is 2.85. The summed E-state index contributed by atoms with van der Waals surface area (Å²) >= 11 is 5.77. The minimum absolute atomic E-state index is 0.108. The molecule has 1 fully saturated rings. The zero-order valence-electron chi connectivity index (χ0n) is 9.12. The lowest BCUT2D eigenvalue weighted by Gasteiger charge is -2.21. The first-order chi connectivity index (χ1) is 7.75. The molecule has 16 heavy (non-hydrogen) atoms. The van der Waals surface area contributed by atoms with E-state index in [9.17, 15) is 4.79 Å². The highest BCUT2D eigenvalue weighted by molar-refractivity contribution is 6.30. The number of Topliss-reactive ketones (excluding diaryl/α,β-unsaturated/α-hetero) is 1. The summed E-state index contributed by atoms with van der Waals surface area (Å²) in [6.45, 7) is 0.790. The Kier molecular flexibility index (Phi) is 3.97. The molecule has 1 atom stereocenters. The fourth-order valence-electron chi connectivity index (χ4n) is 1.93. The van der Waals surface area contributed by atoms with Crippen molar-refractivity contribution < 1.29 is 9.53 Å². The van der Waals surface area contributed by atoms with Crippen molar-refractivity contribution in [2.75, 3.05) is 6.61 Å². The molecule has 3 heteroatoms. The Balaban J connectivity index is 1.94. The van der Waals surface area contributed by atoms with E-state index in [1.165, 1.54) is 6.42 Å². The average Bonchev–Trinajstić information content (AvgIpc) is 2.31. The third kappa shape index (κ3) is 3.06. The van der Waals surface area contributed by atoms with Gasteiger partial charge in [0.1, 0.15) is 0 Å². The molecule has 1 aromatic carbocycles. The number of carbonyl (C=O) groups excluding carboxylic acids is 1. The summed E-state index contributed by atoms with van der Waals surface area (Å²) in [6.07, 6.45) is 3.88. The van der Waals surface area contributed by atoms with E-state index in [0.29, 0.717) is 11.4 Å². The first kappa shape index (κ1) is 11.6. The molecule has 0 aliphatic carbocycles. The van der Waals surface area contributed by atoms with Crippen LogP contribution in [-0.4, -0.2) is 18.5 Å². The maximum Gasteiger partial charge on any atom is 0.165 e. The number of rotatable bonds is 3. The van der Waals surface area contributed by atoms with Crippen LogP contribution < -0.4 is 0 Å². The van der Waals surface area contributed by atoms with Crippen molar-refractivity contribution in [2.24, 2.45) is 0 Å². The summed E-state index contributed by atoms with van der Waals surface area (Å²) in [5, 5.41) is 0.658. The summed E-state index contributed by atoms with van der Waals surface area (Å²) in [7, 11) is 0. The standard InChI is InChI=1S/C13H15ClO2/c14-11-6-4-10(5-7-11)13(15)9-12-3-1-2-8-16-12/h4-7,12H,1-3,8-9H2. The van der Waals surface area contributed by atoms with Crippen LogP contribution >= 0.6 is 11.6 Å². The van der Waals surface area contributed by atoms with E-state index in [0.717, 1.165) is 25.0 Å². The highest BCUT2D eigenvalue weighted by Gasteiger charge is 2.18. The SMILES string of the molecule is O=C(CC1CCCCO1)c1ccc(Cl)cc1. The second kappa shape index (κ2) is 5.46. The molecule has 0 aromatic heterocycles. The maximum atomic E-state index is 11.9. The van der Waals surface area contributed by atoms with Gasteiger partial charge in [0.05, 0.1) is 6.10 Å². The van der Waals surface area contributed by atoms with Crippen LogP contribution in [0, 0.1) is 0 Å². The lowest BCUT2D eigenvalue weighted by Crippen LogP contribution is -2.22. The lowest BCUT2D eigenvalue weighted by atomic mass is 10.0. The zero-order valence-corrected chi connectivity index (χ0v) is 9.87. The van der Waals surface area contributed by atoms with Crippen molar-refractivity contribution in [3.63, 3.8) is 0 Å². The van der Waals surface area contributed by atoms with E-state index in [-0.39, 0.29) is 11.9 Å². The van der Waals surface area contributed by atoms with Gasteiger partial charge >= 0.3 is 0 Å². The Hall–Kier alpha value is -0.860. The molecule has 86 valence electrons. The summed E-state index contributed by atoms with van der Waals surface area (Å²) in [5.41, 5.74) is 0.721. The monoisotopic (exact) mass is 238 g/mol. The molecule has 0 saturated carbocycles. The fourth-order valence-corrected chi connectivity index (χ4v) is 2.05. The first-order valence-electron chi connectivity index (χ1n) is 5.66. The van der Waals surface area contributed by atoms with Crippen LogP contribution in [0.2, 0.25) is 5.02 Å². The molecule has 1 heterocycles. The third-order valence-corrected chi connectivity index (χ3v) is 3.11. The van der Waals surface area contributed by atoms with Crippen LogP contribution in [0.5, 0.6) is 0 Å². The molecule has 0 amide bonds. The molecule has 1 aliphatic heterocycles. The molecule has 1 saturated heterocycles. The number of hydrogen-bond donors (Lipinski definition) is 0. The van der Waals surface area contributed by atoms with Crippen LogP contribution in [-0.2, 0) is 4.74 Å². The van der Waals surface area contributed by atoms with Crippen LogP contribution in [0.15, 0.2) is 24.3 Å². The van der Waals surface area contributed by atoms with Gasteiger partial charge in [-0.3, -0.25) is 4.79 Å². The number of ether oxygens (including phenoxy) is 1. The van der Waals surface area contributed by atoms with Crippen LogP contribution in [0.4, 0.5) is 0 Å². The van der Waals surface area contributed by atoms with Crippen molar-refractivity contribution in [1.82, 2.24) is 0 Å². The van der Waals surface area contributed by atoms with Gasteiger partial charge in [0.2, 0.25) is 0 Å². The molecule has 0 bridgehead atoms. The van der Waals surface area contributed by atoms with Crippen molar-refractivity contribution in [3.05, 3.63) is 34.9 Å².